The lowest BCUT2D eigenvalue weighted by Gasteiger charge is -2.18. The molecule has 1 aromatic carbocycles. The van der Waals surface area contributed by atoms with Crippen molar-refractivity contribution in [1.82, 2.24) is 4.57 Å². The van der Waals surface area contributed by atoms with E-state index in [1.165, 1.54) is 6.92 Å². The third kappa shape index (κ3) is 4.03. The molecule has 1 aromatic heterocycles. The first-order chi connectivity index (χ1) is 12.7. The minimum atomic E-state index is -0.607. The first-order valence-electron chi connectivity index (χ1n) is 8.83. The van der Waals surface area contributed by atoms with Crippen molar-refractivity contribution in [2.75, 3.05) is 6.61 Å². The van der Waals surface area contributed by atoms with Gasteiger partial charge in [0.15, 0.2) is 6.61 Å². The molecule has 0 aliphatic heterocycles. The Hall–Kier alpha value is -3.07. The number of nitriles is 1. The van der Waals surface area contributed by atoms with Gasteiger partial charge in [-0.15, -0.1) is 0 Å². The fourth-order valence-electron chi connectivity index (χ4n) is 2.90. The zero-order chi connectivity index (χ0) is 20.3. The van der Waals surface area contributed by atoms with Crippen LogP contribution in [0, 0.1) is 18.3 Å². The number of hydrogen-bond donors (Lipinski definition) is 1. The van der Waals surface area contributed by atoms with Crippen LogP contribution in [0.15, 0.2) is 29.1 Å². The average Bonchev–Trinajstić information content (AvgIpc) is 2.60. The van der Waals surface area contributed by atoms with Gasteiger partial charge in [0.25, 0.3) is 5.56 Å². The summed E-state index contributed by atoms with van der Waals surface area (Å²) in [6, 6.07) is 8.86. The van der Waals surface area contributed by atoms with Crippen LogP contribution in [-0.4, -0.2) is 22.1 Å². The van der Waals surface area contributed by atoms with Gasteiger partial charge in [0, 0.05) is 6.04 Å². The first-order valence-corrected chi connectivity index (χ1v) is 8.83. The molecule has 6 nitrogen and oxygen atoms in total. The lowest BCUT2D eigenvalue weighted by molar-refractivity contribution is 0.0916. The number of nitrogens with zero attached hydrogens (tertiary/aromatic N) is 2. The number of aromatic hydroxyl groups is 1. The van der Waals surface area contributed by atoms with E-state index < -0.39 is 23.3 Å². The van der Waals surface area contributed by atoms with Gasteiger partial charge in [-0.2, -0.15) is 5.26 Å². The molecule has 0 bridgehead atoms. The third-order valence-corrected chi connectivity index (χ3v) is 4.46. The summed E-state index contributed by atoms with van der Waals surface area (Å²) in [4.78, 5) is 25.0. The van der Waals surface area contributed by atoms with Crippen LogP contribution in [0.3, 0.4) is 0 Å². The van der Waals surface area contributed by atoms with Crippen LogP contribution in [-0.2, 0) is 0 Å². The molecular weight excluding hydrogens is 344 g/mol. The van der Waals surface area contributed by atoms with Crippen molar-refractivity contribution in [3.63, 3.8) is 0 Å². The monoisotopic (exact) mass is 368 g/mol. The maximum atomic E-state index is 12.7. The van der Waals surface area contributed by atoms with Crippen LogP contribution in [0.1, 0.15) is 66.7 Å². The Morgan fingerprint density at radius 2 is 1.81 bits per heavy atom. The van der Waals surface area contributed by atoms with Crippen molar-refractivity contribution in [3.05, 3.63) is 56.9 Å². The minimum Gasteiger partial charge on any atom is -0.494 e. The normalized spacial score (nSPS) is 10.9. The summed E-state index contributed by atoms with van der Waals surface area (Å²) in [6.45, 7) is 8.73. The molecule has 0 unspecified atom stereocenters. The van der Waals surface area contributed by atoms with Gasteiger partial charge < -0.3 is 9.84 Å². The van der Waals surface area contributed by atoms with E-state index in [-0.39, 0.29) is 23.3 Å². The Morgan fingerprint density at radius 3 is 2.30 bits per heavy atom. The van der Waals surface area contributed by atoms with E-state index in [0.29, 0.717) is 11.7 Å². The van der Waals surface area contributed by atoms with Gasteiger partial charge in [-0.3, -0.25) is 14.2 Å². The topological polar surface area (TPSA) is 92.3 Å². The second-order valence-electron chi connectivity index (χ2n) is 7.01. The first kappa shape index (κ1) is 20.2. The van der Waals surface area contributed by atoms with Crippen LogP contribution < -0.4 is 10.3 Å². The molecule has 142 valence electrons. The molecule has 0 amide bonds. The summed E-state index contributed by atoms with van der Waals surface area (Å²) >= 11 is 0. The molecule has 0 aliphatic rings. The van der Waals surface area contributed by atoms with Crippen LogP contribution >= 0.6 is 0 Å². The van der Waals surface area contributed by atoms with Gasteiger partial charge in [0.05, 0.1) is 5.56 Å². The summed E-state index contributed by atoms with van der Waals surface area (Å²) in [5.41, 5.74) is 0.513. The third-order valence-electron chi connectivity index (χ3n) is 4.46. The number of rotatable bonds is 6. The van der Waals surface area contributed by atoms with Gasteiger partial charge in [-0.25, -0.2) is 0 Å². The van der Waals surface area contributed by atoms with Crippen molar-refractivity contribution >= 4 is 5.78 Å². The van der Waals surface area contributed by atoms with E-state index in [2.05, 4.69) is 13.8 Å². The van der Waals surface area contributed by atoms with E-state index in [9.17, 15) is 20.0 Å². The van der Waals surface area contributed by atoms with E-state index in [1.807, 2.05) is 18.2 Å². The predicted molar refractivity (Wildman–Crippen MR) is 103 cm³/mol. The number of ether oxygens (including phenoxy) is 1. The maximum Gasteiger partial charge on any atom is 0.271 e. The summed E-state index contributed by atoms with van der Waals surface area (Å²) < 4.78 is 6.59. The highest BCUT2D eigenvalue weighted by Crippen LogP contribution is 2.25. The molecule has 1 N–H and O–H groups in total. The fraction of sp³-hybridized carbons (Fsp3) is 0.381. The molecule has 0 saturated carbocycles. The van der Waals surface area contributed by atoms with Crippen molar-refractivity contribution in [2.45, 2.75) is 46.6 Å². The summed E-state index contributed by atoms with van der Waals surface area (Å²) in [7, 11) is 0. The lowest BCUT2D eigenvalue weighted by atomic mass is 10.0. The van der Waals surface area contributed by atoms with Crippen molar-refractivity contribution < 1.29 is 14.6 Å². The van der Waals surface area contributed by atoms with Gasteiger partial charge in [-0.1, -0.05) is 26.0 Å². The molecule has 27 heavy (non-hydrogen) atoms. The molecule has 0 atom stereocenters. The Balaban J connectivity index is 2.34. The van der Waals surface area contributed by atoms with Gasteiger partial charge in [0.2, 0.25) is 11.7 Å². The number of carbonyl (C=O) groups is 1. The van der Waals surface area contributed by atoms with Crippen LogP contribution in [0.2, 0.25) is 0 Å². The number of Topliss-reactive ketones (excluding diaryl/α,β-unsaturated/α-hetero) is 1. The SMILES string of the molecule is Cc1c(C(=O)COc2ccc(C(C)C)cc2)c(O)n(C(C)C)c(=O)c1C#N. The Morgan fingerprint density at radius 1 is 1.22 bits per heavy atom. The molecule has 6 heteroatoms. The summed E-state index contributed by atoms with van der Waals surface area (Å²) in [6.07, 6.45) is 0. The number of benzene rings is 1. The number of hydrogen-bond acceptors (Lipinski definition) is 5. The quantitative estimate of drug-likeness (QED) is 0.785. The Labute approximate surface area is 158 Å². The van der Waals surface area contributed by atoms with E-state index in [0.717, 1.165) is 10.1 Å². The molecule has 0 aliphatic carbocycles. The predicted octanol–water partition coefficient (Wildman–Crippen LogP) is 3.70. The second-order valence-corrected chi connectivity index (χ2v) is 7.01. The second kappa shape index (κ2) is 8.09. The average molecular weight is 368 g/mol. The van der Waals surface area contributed by atoms with Gasteiger partial charge >= 0.3 is 0 Å². The Kier molecular flexibility index (Phi) is 6.06. The molecule has 0 radical (unpaired) electrons. The highest BCUT2D eigenvalue weighted by molar-refractivity contribution is 6.01. The maximum absolute atomic E-state index is 12.7. The largest absolute Gasteiger partial charge is 0.494 e. The molecule has 2 rings (SSSR count). The molecule has 0 spiro atoms. The van der Waals surface area contributed by atoms with Crippen LogP contribution in [0.25, 0.3) is 0 Å². The van der Waals surface area contributed by atoms with Gasteiger partial charge in [-0.05, 0) is 49.9 Å². The number of carbonyl (C=O) groups excluding carboxylic acids is 1. The van der Waals surface area contributed by atoms with E-state index in [1.54, 1.807) is 26.0 Å². The van der Waals surface area contributed by atoms with E-state index in [4.69, 9.17) is 4.74 Å². The smallest absolute Gasteiger partial charge is 0.271 e. The Bertz CT molecular complexity index is 948. The molecule has 0 fully saturated rings. The fourth-order valence-corrected chi connectivity index (χ4v) is 2.90. The number of pyridine rings is 1. The molecule has 1 heterocycles. The molecule has 2 aromatic rings. The molecular formula is C21H24N2O4. The van der Waals surface area contributed by atoms with Crippen LogP contribution in [0.5, 0.6) is 11.6 Å². The lowest BCUT2D eigenvalue weighted by Crippen LogP contribution is -2.28. The minimum absolute atomic E-state index is 0.0568. The number of aromatic nitrogens is 1. The summed E-state index contributed by atoms with van der Waals surface area (Å²) in [5.74, 6) is -0.0107. The highest BCUT2D eigenvalue weighted by atomic mass is 16.5. The highest BCUT2D eigenvalue weighted by Gasteiger charge is 2.25. The van der Waals surface area contributed by atoms with Crippen molar-refractivity contribution in [2.24, 2.45) is 0 Å². The van der Waals surface area contributed by atoms with Gasteiger partial charge in [0.1, 0.15) is 17.4 Å². The zero-order valence-corrected chi connectivity index (χ0v) is 16.2. The van der Waals surface area contributed by atoms with E-state index >= 15 is 0 Å². The standard InChI is InChI=1S/C21H24N2O4/c1-12(2)15-6-8-16(9-7-15)27-11-18(24)19-14(5)17(10-22)20(25)23(13(3)4)21(19)26/h6-9,12-13,26H,11H2,1-5H3. The summed E-state index contributed by atoms with van der Waals surface area (Å²) in [5, 5.41) is 19.8. The zero-order valence-electron chi connectivity index (χ0n) is 16.2. The van der Waals surface area contributed by atoms with Crippen LogP contribution in [0.4, 0.5) is 0 Å². The van der Waals surface area contributed by atoms with Crippen molar-refractivity contribution in [1.29, 1.82) is 5.26 Å². The van der Waals surface area contributed by atoms with Crippen molar-refractivity contribution in [3.8, 4) is 17.7 Å². The molecule has 0 saturated heterocycles. The number of ketones is 1.